The minimum Gasteiger partial charge on any atom is -0.363 e. The molecule has 98 valence electrons. The van der Waals surface area contributed by atoms with Crippen LogP contribution in [-0.4, -0.2) is 48.3 Å². The van der Waals surface area contributed by atoms with Gasteiger partial charge < -0.3 is 14.4 Å². The van der Waals surface area contributed by atoms with Crippen molar-refractivity contribution in [2.45, 2.75) is 51.1 Å². The van der Waals surface area contributed by atoms with Gasteiger partial charge in [-0.15, -0.1) is 0 Å². The average molecular weight is 249 g/mol. The number of alkyl halides is 2. The zero-order valence-corrected chi connectivity index (χ0v) is 9.99. The molecule has 2 heterocycles. The standard InChI is InChI=1S/C11H17F2NO3/c1-11(2)4-3-8(17-11)9(15)14-5-7(6-14)16-10(12)13/h7-8,10H,3-6H2,1-2H3. The van der Waals surface area contributed by atoms with E-state index in [0.717, 1.165) is 6.42 Å². The van der Waals surface area contributed by atoms with E-state index >= 15 is 0 Å². The molecule has 4 nitrogen and oxygen atoms in total. The van der Waals surface area contributed by atoms with E-state index in [1.807, 2.05) is 13.8 Å². The zero-order chi connectivity index (χ0) is 12.6. The van der Waals surface area contributed by atoms with E-state index in [0.29, 0.717) is 6.42 Å². The number of rotatable bonds is 3. The van der Waals surface area contributed by atoms with Crippen molar-refractivity contribution in [1.29, 1.82) is 0 Å². The summed E-state index contributed by atoms with van der Waals surface area (Å²) in [5.41, 5.74) is -0.260. The molecule has 0 aromatic rings. The molecule has 2 fully saturated rings. The molecule has 2 saturated heterocycles. The Labute approximate surface area is 98.9 Å². The number of carbonyl (C=O) groups is 1. The summed E-state index contributed by atoms with van der Waals surface area (Å²) in [7, 11) is 0. The minimum absolute atomic E-state index is 0.107. The lowest BCUT2D eigenvalue weighted by Crippen LogP contribution is -2.57. The summed E-state index contributed by atoms with van der Waals surface area (Å²) in [6, 6.07) is 0. The molecule has 2 aliphatic rings. The third kappa shape index (κ3) is 2.93. The fraction of sp³-hybridized carbons (Fsp3) is 0.909. The maximum absolute atomic E-state index is 11.9. The van der Waals surface area contributed by atoms with Gasteiger partial charge >= 0.3 is 6.61 Å². The Morgan fingerprint density at radius 3 is 2.59 bits per heavy atom. The third-order valence-corrected chi connectivity index (χ3v) is 3.20. The van der Waals surface area contributed by atoms with Crippen molar-refractivity contribution < 1.29 is 23.0 Å². The Hall–Kier alpha value is -0.750. The van der Waals surface area contributed by atoms with E-state index in [4.69, 9.17) is 4.74 Å². The molecule has 0 aromatic carbocycles. The fourth-order valence-electron chi connectivity index (χ4n) is 2.21. The van der Waals surface area contributed by atoms with Crippen LogP contribution in [0.1, 0.15) is 26.7 Å². The number of hydrogen-bond acceptors (Lipinski definition) is 3. The molecule has 0 aliphatic carbocycles. The summed E-state index contributed by atoms with van der Waals surface area (Å²) in [4.78, 5) is 13.4. The Morgan fingerprint density at radius 2 is 2.12 bits per heavy atom. The van der Waals surface area contributed by atoms with Crippen LogP contribution in [0.5, 0.6) is 0 Å². The molecule has 17 heavy (non-hydrogen) atoms. The number of halogens is 2. The van der Waals surface area contributed by atoms with Crippen LogP contribution in [0, 0.1) is 0 Å². The SMILES string of the molecule is CC1(C)CCC(C(=O)N2CC(OC(F)F)C2)O1. The summed E-state index contributed by atoms with van der Waals surface area (Å²) in [6.45, 7) is 1.60. The van der Waals surface area contributed by atoms with E-state index in [1.165, 1.54) is 4.90 Å². The Balaban J connectivity index is 1.76. The first-order valence-electron chi connectivity index (χ1n) is 5.77. The van der Waals surface area contributed by atoms with Crippen molar-refractivity contribution in [3.05, 3.63) is 0 Å². The number of likely N-dealkylation sites (tertiary alicyclic amines) is 1. The van der Waals surface area contributed by atoms with Gasteiger partial charge in [0.05, 0.1) is 11.7 Å². The number of ether oxygens (including phenoxy) is 2. The predicted molar refractivity (Wildman–Crippen MR) is 55.6 cm³/mol. The summed E-state index contributed by atoms with van der Waals surface area (Å²) >= 11 is 0. The normalized spacial score (nSPS) is 28.5. The largest absolute Gasteiger partial charge is 0.363 e. The van der Waals surface area contributed by atoms with Gasteiger partial charge in [0.2, 0.25) is 0 Å². The minimum atomic E-state index is -2.76. The van der Waals surface area contributed by atoms with Gasteiger partial charge in [-0.2, -0.15) is 8.78 Å². The molecule has 0 aromatic heterocycles. The molecule has 6 heteroatoms. The lowest BCUT2D eigenvalue weighted by Gasteiger charge is -2.39. The highest BCUT2D eigenvalue weighted by Crippen LogP contribution is 2.31. The van der Waals surface area contributed by atoms with Crippen LogP contribution >= 0.6 is 0 Å². The fourth-order valence-corrected chi connectivity index (χ4v) is 2.21. The summed E-state index contributed by atoms with van der Waals surface area (Å²) in [5, 5.41) is 0. The van der Waals surface area contributed by atoms with Crippen molar-refractivity contribution in [2.24, 2.45) is 0 Å². The quantitative estimate of drug-likeness (QED) is 0.758. The van der Waals surface area contributed by atoms with E-state index in [9.17, 15) is 13.6 Å². The van der Waals surface area contributed by atoms with Crippen molar-refractivity contribution in [3.8, 4) is 0 Å². The molecule has 1 unspecified atom stereocenters. The first-order chi connectivity index (χ1) is 7.87. The second-order valence-corrected chi connectivity index (χ2v) is 5.17. The highest BCUT2D eigenvalue weighted by atomic mass is 19.3. The van der Waals surface area contributed by atoms with E-state index < -0.39 is 18.8 Å². The molecule has 1 atom stereocenters. The maximum Gasteiger partial charge on any atom is 0.345 e. The molecule has 0 N–H and O–H groups in total. The lowest BCUT2D eigenvalue weighted by molar-refractivity contribution is -0.202. The van der Waals surface area contributed by atoms with E-state index in [1.54, 1.807) is 0 Å². The molecule has 0 spiro atoms. The van der Waals surface area contributed by atoms with Crippen molar-refractivity contribution >= 4 is 5.91 Å². The topological polar surface area (TPSA) is 38.8 Å². The van der Waals surface area contributed by atoms with Gasteiger partial charge in [-0.05, 0) is 26.7 Å². The second kappa shape index (κ2) is 4.49. The molecular weight excluding hydrogens is 232 g/mol. The number of hydrogen-bond donors (Lipinski definition) is 0. The third-order valence-electron chi connectivity index (χ3n) is 3.20. The summed E-state index contributed by atoms with van der Waals surface area (Å²) < 4.78 is 33.7. The highest BCUT2D eigenvalue weighted by molar-refractivity contribution is 5.82. The number of nitrogens with zero attached hydrogens (tertiary/aromatic N) is 1. The zero-order valence-electron chi connectivity index (χ0n) is 9.99. The van der Waals surface area contributed by atoms with Crippen LogP contribution in [-0.2, 0) is 14.3 Å². The Bertz CT molecular complexity index is 303. The number of amides is 1. The van der Waals surface area contributed by atoms with Crippen LogP contribution in [0.3, 0.4) is 0 Å². The van der Waals surface area contributed by atoms with Gasteiger partial charge in [0.15, 0.2) is 0 Å². The first-order valence-corrected chi connectivity index (χ1v) is 5.77. The monoisotopic (exact) mass is 249 g/mol. The molecule has 2 aliphatic heterocycles. The van der Waals surface area contributed by atoms with E-state index in [-0.39, 0.29) is 24.6 Å². The summed E-state index contributed by atoms with van der Waals surface area (Å²) in [5.74, 6) is -0.107. The molecule has 1 amide bonds. The molecule has 2 rings (SSSR count). The summed E-state index contributed by atoms with van der Waals surface area (Å²) in [6.07, 6.45) is 0.586. The second-order valence-electron chi connectivity index (χ2n) is 5.17. The lowest BCUT2D eigenvalue weighted by atomic mass is 10.0. The smallest absolute Gasteiger partial charge is 0.345 e. The van der Waals surface area contributed by atoms with Gasteiger partial charge in [-0.25, -0.2) is 0 Å². The van der Waals surface area contributed by atoms with Crippen LogP contribution < -0.4 is 0 Å². The van der Waals surface area contributed by atoms with Crippen molar-refractivity contribution in [2.75, 3.05) is 13.1 Å². The molecule has 0 saturated carbocycles. The highest BCUT2D eigenvalue weighted by Gasteiger charge is 2.42. The van der Waals surface area contributed by atoms with E-state index in [2.05, 4.69) is 4.74 Å². The molecule has 0 radical (unpaired) electrons. The first kappa shape index (κ1) is 12.7. The van der Waals surface area contributed by atoms with Crippen LogP contribution in [0.15, 0.2) is 0 Å². The van der Waals surface area contributed by atoms with Gasteiger partial charge in [-0.3, -0.25) is 4.79 Å². The molecular formula is C11H17F2NO3. The van der Waals surface area contributed by atoms with Crippen molar-refractivity contribution in [1.82, 2.24) is 4.90 Å². The Morgan fingerprint density at radius 1 is 1.47 bits per heavy atom. The van der Waals surface area contributed by atoms with Gasteiger partial charge in [0, 0.05) is 13.1 Å². The average Bonchev–Trinajstić information content (AvgIpc) is 2.50. The van der Waals surface area contributed by atoms with Crippen LogP contribution in [0.2, 0.25) is 0 Å². The number of carbonyl (C=O) groups excluding carboxylic acids is 1. The van der Waals surface area contributed by atoms with Crippen LogP contribution in [0.4, 0.5) is 8.78 Å². The molecule has 0 bridgehead atoms. The van der Waals surface area contributed by atoms with Gasteiger partial charge in [0.1, 0.15) is 6.10 Å². The predicted octanol–water partition coefficient (Wildman–Crippen LogP) is 1.39. The van der Waals surface area contributed by atoms with Gasteiger partial charge in [-0.1, -0.05) is 0 Å². The van der Waals surface area contributed by atoms with Gasteiger partial charge in [0.25, 0.3) is 5.91 Å². The van der Waals surface area contributed by atoms with Crippen molar-refractivity contribution in [3.63, 3.8) is 0 Å². The van der Waals surface area contributed by atoms with Crippen LogP contribution in [0.25, 0.3) is 0 Å². The Kier molecular flexibility index (Phi) is 3.36. The maximum atomic E-state index is 11.9.